The number of fused-ring (bicyclic) bond motifs is 2. The third kappa shape index (κ3) is 6.57. The first-order valence-electron chi connectivity index (χ1n) is 9.74. The van der Waals surface area contributed by atoms with Gasteiger partial charge in [0.15, 0.2) is 0 Å². The van der Waals surface area contributed by atoms with Crippen LogP contribution in [0.2, 0.25) is 0 Å². The summed E-state index contributed by atoms with van der Waals surface area (Å²) in [5, 5.41) is 15.6. The lowest BCUT2D eigenvalue weighted by Crippen LogP contribution is -2.17. The van der Waals surface area contributed by atoms with Gasteiger partial charge < -0.3 is 15.1 Å². The highest BCUT2D eigenvalue weighted by Crippen LogP contribution is 2.39. The maximum Gasteiger partial charge on any atom is 0.328 e. The van der Waals surface area contributed by atoms with Crippen molar-refractivity contribution in [1.29, 1.82) is 0 Å². The molecule has 154 valence electrons. The molecule has 0 aromatic heterocycles. The smallest absolute Gasteiger partial charge is 0.328 e. The molecule has 0 radical (unpaired) electrons. The summed E-state index contributed by atoms with van der Waals surface area (Å²) in [4.78, 5) is 21.4. The SMILES string of the molecule is CC1c2ccccc2CC(CCN(C)C)c2ccccc21.O=C(O)C=CC(=O)O. The summed E-state index contributed by atoms with van der Waals surface area (Å²) in [5.41, 5.74) is 6.12. The highest BCUT2D eigenvalue weighted by atomic mass is 16.4. The summed E-state index contributed by atoms with van der Waals surface area (Å²) in [6.07, 6.45) is 3.51. The second-order valence-electron chi connectivity index (χ2n) is 7.55. The van der Waals surface area contributed by atoms with Crippen LogP contribution in [0, 0.1) is 0 Å². The fourth-order valence-corrected chi connectivity index (χ4v) is 3.78. The van der Waals surface area contributed by atoms with Crippen LogP contribution in [0.1, 0.15) is 47.4 Å². The van der Waals surface area contributed by atoms with Crippen molar-refractivity contribution in [3.63, 3.8) is 0 Å². The van der Waals surface area contributed by atoms with E-state index in [-0.39, 0.29) is 0 Å². The highest BCUT2D eigenvalue weighted by molar-refractivity contribution is 5.89. The zero-order chi connectivity index (χ0) is 21.4. The van der Waals surface area contributed by atoms with E-state index in [1.54, 1.807) is 5.56 Å². The van der Waals surface area contributed by atoms with Crippen LogP contribution in [0.3, 0.4) is 0 Å². The van der Waals surface area contributed by atoms with Crippen LogP contribution >= 0.6 is 0 Å². The van der Waals surface area contributed by atoms with Gasteiger partial charge in [-0.05, 0) is 61.7 Å². The third-order valence-corrected chi connectivity index (χ3v) is 5.18. The van der Waals surface area contributed by atoms with Gasteiger partial charge in [0.05, 0.1) is 0 Å². The van der Waals surface area contributed by atoms with E-state index in [0.717, 1.165) is 6.54 Å². The normalized spacial score (nSPS) is 17.7. The van der Waals surface area contributed by atoms with Crippen molar-refractivity contribution in [2.45, 2.75) is 31.6 Å². The van der Waals surface area contributed by atoms with E-state index in [4.69, 9.17) is 10.2 Å². The number of carboxylic acid groups (broad SMARTS) is 2. The molecular weight excluding hydrogens is 366 g/mol. The van der Waals surface area contributed by atoms with Crippen molar-refractivity contribution >= 4 is 11.9 Å². The lowest BCUT2D eigenvalue weighted by Gasteiger charge is -2.21. The molecule has 0 aliphatic heterocycles. The van der Waals surface area contributed by atoms with Crippen molar-refractivity contribution in [3.05, 3.63) is 82.9 Å². The Labute approximate surface area is 172 Å². The molecule has 29 heavy (non-hydrogen) atoms. The molecule has 0 bridgehead atoms. The quantitative estimate of drug-likeness (QED) is 0.744. The molecule has 0 saturated heterocycles. The third-order valence-electron chi connectivity index (χ3n) is 5.18. The van der Waals surface area contributed by atoms with Gasteiger partial charge >= 0.3 is 11.9 Å². The largest absolute Gasteiger partial charge is 0.478 e. The average Bonchev–Trinajstić information content (AvgIpc) is 2.81. The van der Waals surface area contributed by atoms with E-state index in [1.165, 1.54) is 29.5 Å². The molecule has 0 saturated carbocycles. The predicted octanol–water partition coefficient (Wildman–Crippen LogP) is 4.14. The fourth-order valence-electron chi connectivity index (χ4n) is 3.78. The van der Waals surface area contributed by atoms with Gasteiger partial charge in [0.25, 0.3) is 0 Å². The molecule has 0 spiro atoms. The monoisotopic (exact) mass is 395 g/mol. The number of aliphatic carboxylic acids is 2. The molecule has 2 unspecified atom stereocenters. The molecule has 2 aromatic rings. The van der Waals surface area contributed by atoms with Gasteiger partial charge in [0, 0.05) is 18.1 Å². The summed E-state index contributed by atoms with van der Waals surface area (Å²) in [6, 6.07) is 18.0. The van der Waals surface area contributed by atoms with E-state index in [0.29, 0.717) is 24.0 Å². The van der Waals surface area contributed by atoms with Crippen molar-refractivity contribution in [2.24, 2.45) is 0 Å². The van der Waals surface area contributed by atoms with Gasteiger partial charge in [-0.25, -0.2) is 9.59 Å². The molecule has 0 fully saturated rings. The Morgan fingerprint density at radius 3 is 2.00 bits per heavy atom. The van der Waals surface area contributed by atoms with E-state index in [9.17, 15) is 9.59 Å². The molecule has 1 aliphatic rings. The van der Waals surface area contributed by atoms with Crippen LogP contribution in [-0.4, -0.2) is 47.7 Å². The Bertz CT molecular complexity index is 857. The Morgan fingerprint density at radius 1 is 0.931 bits per heavy atom. The van der Waals surface area contributed by atoms with Crippen LogP contribution in [0.5, 0.6) is 0 Å². The Hall–Kier alpha value is -2.92. The minimum atomic E-state index is -1.26. The topological polar surface area (TPSA) is 77.8 Å². The highest BCUT2D eigenvalue weighted by Gasteiger charge is 2.25. The summed E-state index contributed by atoms with van der Waals surface area (Å²) >= 11 is 0. The Kier molecular flexibility index (Phi) is 8.16. The molecular formula is C24H29NO4. The lowest BCUT2D eigenvalue weighted by molar-refractivity contribution is -0.134. The van der Waals surface area contributed by atoms with E-state index in [2.05, 4.69) is 74.4 Å². The van der Waals surface area contributed by atoms with Crippen molar-refractivity contribution in [1.82, 2.24) is 4.90 Å². The van der Waals surface area contributed by atoms with E-state index < -0.39 is 11.9 Å². The second-order valence-corrected chi connectivity index (χ2v) is 7.55. The standard InChI is InChI=1S/C20H25N.C4H4O4/c1-15-18-9-5-4-8-16(18)14-17(12-13-21(2)3)20-11-7-6-10-19(15)20;5-3(6)1-2-4(7)8/h4-11,15,17H,12-14H2,1-3H3;1-2H,(H,5,6)(H,7,8). The van der Waals surface area contributed by atoms with Crippen LogP contribution in [0.15, 0.2) is 60.7 Å². The first-order valence-corrected chi connectivity index (χ1v) is 9.74. The number of benzene rings is 2. The second kappa shape index (κ2) is 10.6. The molecule has 0 amide bonds. The molecule has 0 heterocycles. The zero-order valence-corrected chi connectivity index (χ0v) is 17.2. The zero-order valence-electron chi connectivity index (χ0n) is 17.2. The number of carboxylic acids is 2. The summed E-state index contributed by atoms with van der Waals surface area (Å²) in [5.74, 6) is -1.38. The lowest BCUT2D eigenvalue weighted by atomic mass is 9.87. The Morgan fingerprint density at radius 2 is 1.45 bits per heavy atom. The number of hydrogen-bond donors (Lipinski definition) is 2. The minimum absolute atomic E-state index is 0.502. The van der Waals surface area contributed by atoms with Gasteiger partial charge in [-0.3, -0.25) is 0 Å². The number of rotatable bonds is 5. The average molecular weight is 395 g/mol. The van der Waals surface area contributed by atoms with E-state index in [1.807, 2.05) is 0 Å². The van der Waals surface area contributed by atoms with Crippen LogP contribution in [-0.2, 0) is 16.0 Å². The van der Waals surface area contributed by atoms with Gasteiger partial charge in [0.1, 0.15) is 0 Å². The predicted molar refractivity (Wildman–Crippen MR) is 114 cm³/mol. The molecule has 3 rings (SSSR count). The first-order chi connectivity index (χ1) is 13.8. The fraction of sp³-hybridized carbons (Fsp3) is 0.333. The molecule has 2 N–H and O–H groups in total. The molecule has 5 heteroatoms. The van der Waals surface area contributed by atoms with Gasteiger partial charge in [-0.1, -0.05) is 55.5 Å². The van der Waals surface area contributed by atoms with Gasteiger partial charge in [-0.15, -0.1) is 0 Å². The number of carbonyl (C=O) groups is 2. The van der Waals surface area contributed by atoms with Crippen LogP contribution in [0.4, 0.5) is 0 Å². The molecule has 2 aromatic carbocycles. The van der Waals surface area contributed by atoms with Crippen molar-refractivity contribution < 1.29 is 19.8 Å². The summed E-state index contributed by atoms with van der Waals surface area (Å²) in [6.45, 7) is 3.50. The molecule has 1 aliphatic carbocycles. The number of nitrogens with zero attached hydrogens (tertiary/aromatic N) is 1. The van der Waals surface area contributed by atoms with Gasteiger partial charge in [-0.2, -0.15) is 0 Å². The Balaban J connectivity index is 0.000000321. The maximum absolute atomic E-state index is 9.55. The van der Waals surface area contributed by atoms with E-state index >= 15 is 0 Å². The first kappa shape index (κ1) is 22.4. The molecule has 5 nitrogen and oxygen atoms in total. The molecule has 2 atom stereocenters. The van der Waals surface area contributed by atoms with Crippen LogP contribution < -0.4 is 0 Å². The van der Waals surface area contributed by atoms with Crippen LogP contribution in [0.25, 0.3) is 0 Å². The van der Waals surface area contributed by atoms with Gasteiger partial charge in [0.2, 0.25) is 0 Å². The summed E-state index contributed by atoms with van der Waals surface area (Å²) < 4.78 is 0. The van der Waals surface area contributed by atoms with Crippen molar-refractivity contribution in [3.8, 4) is 0 Å². The number of hydrogen-bond acceptors (Lipinski definition) is 3. The minimum Gasteiger partial charge on any atom is -0.478 e. The summed E-state index contributed by atoms with van der Waals surface area (Å²) in [7, 11) is 4.33. The van der Waals surface area contributed by atoms with Crippen molar-refractivity contribution in [2.75, 3.05) is 20.6 Å². The maximum atomic E-state index is 9.55.